The molecule has 1 heterocycles. The van der Waals surface area contributed by atoms with Crippen molar-refractivity contribution < 1.29 is 4.79 Å². The molecule has 4 nitrogen and oxygen atoms in total. The Morgan fingerprint density at radius 1 is 1.42 bits per heavy atom. The van der Waals surface area contributed by atoms with Crippen molar-refractivity contribution in [1.82, 2.24) is 10.6 Å². The number of rotatable bonds is 5. The second-order valence-corrected chi connectivity index (χ2v) is 5.04. The molecule has 1 aromatic rings. The lowest BCUT2D eigenvalue weighted by atomic mass is 10.1. The molecule has 0 unspecified atom stereocenters. The van der Waals surface area contributed by atoms with Crippen LogP contribution in [0.25, 0.3) is 0 Å². The zero-order chi connectivity index (χ0) is 13.5. The second kappa shape index (κ2) is 7.14. The number of aryl methyl sites for hydroxylation is 1. The molecule has 1 aromatic carbocycles. The van der Waals surface area contributed by atoms with Gasteiger partial charge in [-0.15, -0.1) is 0 Å². The van der Waals surface area contributed by atoms with E-state index in [2.05, 4.69) is 28.9 Å². The number of anilines is 1. The average Bonchev–Trinajstić information content (AvgIpc) is 2.92. The molecule has 104 valence electrons. The summed E-state index contributed by atoms with van der Waals surface area (Å²) in [6.07, 6.45) is 4.41. The van der Waals surface area contributed by atoms with E-state index in [0.29, 0.717) is 12.6 Å². The number of carbonyl (C=O) groups is 1. The summed E-state index contributed by atoms with van der Waals surface area (Å²) in [5, 5.41) is 9.24. The monoisotopic (exact) mass is 261 g/mol. The maximum absolute atomic E-state index is 11.9. The van der Waals surface area contributed by atoms with Gasteiger partial charge in [0.15, 0.2) is 0 Å². The summed E-state index contributed by atoms with van der Waals surface area (Å²) in [5.41, 5.74) is 2.11. The predicted molar refractivity (Wildman–Crippen MR) is 78.5 cm³/mol. The summed E-state index contributed by atoms with van der Waals surface area (Å²) in [4.78, 5) is 11.9. The third-order valence-electron chi connectivity index (χ3n) is 3.46. The largest absolute Gasteiger partial charge is 0.336 e. The molecule has 0 bridgehead atoms. The van der Waals surface area contributed by atoms with E-state index in [1.54, 1.807) is 0 Å². The maximum Gasteiger partial charge on any atom is 0.319 e. The van der Waals surface area contributed by atoms with Crippen molar-refractivity contribution in [2.45, 2.75) is 38.6 Å². The average molecular weight is 261 g/mol. The van der Waals surface area contributed by atoms with Crippen LogP contribution in [0.1, 0.15) is 31.7 Å². The zero-order valence-electron chi connectivity index (χ0n) is 11.5. The number of carbonyl (C=O) groups excluding carboxylic acids is 1. The molecule has 0 radical (unpaired) electrons. The molecule has 0 saturated carbocycles. The highest BCUT2D eigenvalue weighted by Crippen LogP contribution is 2.16. The third-order valence-corrected chi connectivity index (χ3v) is 3.46. The van der Waals surface area contributed by atoms with E-state index < -0.39 is 0 Å². The molecule has 1 fully saturated rings. The molecular formula is C15H23N3O. The Morgan fingerprint density at radius 3 is 3.00 bits per heavy atom. The number of amides is 2. The zero-order valence-corrected chi connectivity index (χ0v) is 11.5. The number of hydrogen-bond donors (Lipinski definition) is 3. The molecule has 0 aliphatic carbocycles. The summed E-state index contributed by atoms with van der Waals surface area (Å²) in [6, 6.07) is 8.30. The van der Waals surface area contributed by atoms with Crippen LogP contribution < -0.4 is 16.0 Å². The van der Waals surface area contributed by atoms with E-state index in [9.17, 15) is 4.79 Å². The van der Waals surface area contributed by atoms with Gasteiger partial charge in [-0.1, -0.05) is 31.5 Å². The normalized spacial score (nSPS) is 18.3. The standard InChI is InChI=1S/C15H23N3O/c1-2-6-12-7-3-4-9-14(12)18-15(19)17-11-13-8-5-10-16-13/h3-4,7,9,13,16H,2,5-6,8,10-11H2,1H3,(H2,17,18,19)/t13-/m0/s1. The number of urea groups is 1. The quantitative estimate of drug-likeness (QED) is 0.763. The van der Waals surface area contributed by atoms with Crippen molar-refractivity contribution in [1.29, 1.82) is 0 Å². The Morgan fingerprint density at radius 2 is 2.26 bits per heavy atom. The van der Waals surface area contributed by atoms with Crippen LogP contribution in [-0.2, 0) is 6.42 Å². The summed E-state index contributed by atoms with van der Waals surface area (Å²) in [6.45, 7) is 3.90. The first kappa shape index (κ1) is 13.9. The number of hydrogen-bond acceptors (Lipinski definition) is 2. The fraction of sp³-hybridized carbons (Fsp3) is 0.533. The Balaban J connectivity index is 1.83. The van der Waals surface area contributed by atoms with E-state index in [4.69, 9.17) is 0 Å². The summed E-state index contributed by atoms with van der Waals surface area (Å²) >= 11 is 0. The molecule has 2 amide bonds. The highest BCUT2D eigenvalue weighted by atomic mass is 16.2. The first-order valence-electron chi connectivity index (χ1n) is 7.15. The van der Waals surface area contributed by atoms with Crippen LogP contribution in [0.2, 0.25) is 0 Å². The topological polar surface area (TPSA) is 53.2 Å². The molecule has 4 heteroatoms. The minimum Gasteiger partial charge on any atom is -0.336 e. The van der Waals surface area contributed by atoms with Gasteiger partial charge in [-0.3, -0.25) is 0 Å². The molecule has 2 rings (SSSR count). The van der Waals surface area contributed by atoms with Gasteiger partial charge >= 0.3 is 6.03 Å². The van der Waals surface area contributed by atoms with Gasteiger partial charge in [-0.05, 0) is 37.4 Å². The van der Waals surface area contributed by atoms with Crippen LogP contribution in [-0.4, -0.2) is 25.2 Å². The van der Waals surface area contributed by atoms with E-state index >= 15 is 0 Å². The molecule has 3 N–H and O–H groups in total. The van der Waals surface area contributed by atoms with Gasteiger partial charge in [0, 0.05) is 18.3 Å². The molecule has 19 heavy (non-hydrogen) atoms. The minimum atomic E-state index is -0.114. The Hall–Kier alpha value is -1.55. The van der Waals surface area contributed by atoms with E-state index in [-0.39, 0.29) is 6.03 Å². The van der Waals surface area contributed by atoms with E-state index in [0.717, 1.165) is 31.5 Å². The first-order chi connectivity index (χ1) is 9.29. The highest BCUT2D eigenvalue weighted by molar-refractivity contribution is 5.90. The van der Waals surface area contributed by atoms with Crippen LogP contribution in [0.4, 0.5) is 10.5 Å². The lowest BCUT2D eigenvalue weighted by Crippen LogP contribution is -2.39. The van der Waals surface area contributed by atoms with Crippen molar-refractivity contribution in [2.75, 3.05) is 18.4 Å². The predicted octanol–water partition coefficient (Wildman–Crippen LogP) is 2.51. The molecule has 1 atom stereocenters. The van der Waals surface area contributed by atoms with Gasteiger partial charge in [0.05, 0.1) is 0 Å². The lowest BCUT2D eigenvalue weighted by Gasteiger charge is -2.14. The molecular weight excluding hydrogens is 238 g/mol. The molecule has 0 aromatic heterocycles. The van der Waals surface area contributed by atoms with Gasteiger partial charge in [-0.2, -0.15) is 0 Å². The van der Waals surface area contributed by atoms with Crippen molar-refractivity contribution >= 4 is 11.7 Å². The van der Waals surface area contributed by atoms with Gasteiger partial charge in [0.25, 0.3) is 0 Å². The smallest absolute Gasteiger partial charge is 0.319 e. The minimum absolute atomic E-state index is 0.114. The lowest BCUT2D eigenvalue weighted by molar-refractivity contribution is 0.251. The summed E-state index contributed by atoms with van der Waals surface area (Å²) in [5.74, 6) is 0. The molecule has 1 saturated heterocycles. The fourth-order valence-electron chi connectivity index (χ4n) is 2.44. The van der Waals surface area contributed by atoms with Crippen molar-refractivity contribution in [2.24, 2.45) is 0 Å². The van der Waals surface area contributed by atoms with Gasteiger partial charge < -0.3 is 16.0 Å². The van der Waals surface area contributed by atoms with Crippen LogP contribution in [0.15, 0.2) is 24.3 Å². The van der Waals surface area contributed by atoms with Crippen LogP contribution >= 0.6 is 0 Å². The van der Waals surface area contributed by atoms with E-state index in [1.807, 2.05) is 18.2 Å². The number of nitrogens with one attached hydrogen (secondary N) is 3. The van der Waals surface area contributed by atoms with Gasteiger partial charge in [0.2, 0.25) is 0 Å². The van der Waals surface area contributed by atoms with Gasteiger partial charge in [-0.25, -0.2) is 4.79 Å². The summed E-state index contributed by atoms with van der Waals surface area (Å²) < 4.78 is 0. The molecule has 1 aliphatic rings. The molecule has 1 aliphatic heterocycles. The van der Waals surface area contributed by atoms with Crippen LogP contribution in [0.5, 0.6) is 0 Å². The van der Waals surface area contributed by atoms with Crippen molar-refractivity contribution in [3.63, 3.8) is 0 Å². The Labute approximate surface area is 115 Å². The third kappa shape index (κ3) is 4.24. The molecule has 0 spiro atoms. The van der Waals surface area contributed by atoms with Gasteiger partial charge in [0.1, 0.15) is 0 Å². The summed E-state index contributed by atoms with van der Waals surface area (Å²) in [7, 11) is 0. The Bertz CT molecular complexity index is 414. The van der Waals surface area contributed by atoms with Crippen molar-refractivity contribution in [3.05, 3.63) is 29.8 Å². The first-order valence-corrected chi connectivity index (χ1v) is 7.15. The van der Waals surface area contributed by atoms with E-state index in [1.165, 1.54) is 12.0 Å². The second-order valence-electron chi connectivity index (χ2n) is 5.04. The fourth-order valence-corrected chi connectivity index (χ4v) is 2.44. The maximum atomic E-state index is 11.9. The SMILES string of the molecule is CCCc1ccccc1NC(=O)NC[C@@H]1CCCN1. The van der Waals surface area contributed by atoms with Crippen molar-refractivity contribution in [3.8, 4) is 0 Å². The highest BCUT2D eigenvalue weighted by Gasteiger charge is 2.14. The Kier molecular flexibility index (Phi) is 5.21. The number of para-hydroxylation sites is 1. The number of benzene rings is 1. The van der Waals surface area contributed by atoms with Crippen LogP contribution in [0.3, 0.4) is 0 Å². The van der Waals surface area contributed by atoms with Crippen LogP contribution in [0, 0.1) is 0 Å².